The van der Waals surface area contributed by atoms with Crippen LogP contribution in [0.3, 0.4) is 0 Å². The van der Waals surface area contributed by atoms with Crippen molar-refractivity contribution in [3.8, 4) is 0 Å². The van der Waals surface area contributed by atoms with E-state index in [1.807, 2.05) is 0 Å². The number of sulfone groups is 1. The molecule has 0 radical (unpaired) electrons. The molecule has 1 aromatic rings. The van der Waals surface area contributed by atoms with Crippen LogP contribution in [0.4, 0.5) is 5.13 Å². The number of hydrogen-bond donors (Lipinski definition) is 1. The first kappa shape index (κ1) is 17.8. The first-order chi connectivity index (χ1) is 10.8. The van der Waals surface area contributed by atoms with E-state index < -0.39 is 27.7 Å². The van der Waals surface area contributed by atoms with E-state index in [1.165, 1.54) is 23.3 Å². The monoisotopic (exact) mass is 361 g/mol. The zero-order valence-corrected chi connectivity index (χ0v) is 14.6. The van der Waals surface area contributed by atoms with Crippen LogP contribution in [-0.2, 0) is 24.2 Å². The molecular formula is C13H19N3O5S2. The van der Waals surface area contributed by atoms with Crippen LogP contribution >= 0.6 is 11.3 Å². The van der Waals surface area contributed by atoms with E-state index >= 15 is 0 Å². The molecule has 2 heterocycles. The number of rotatable bonds is 5. The Kier molecular flexibility index (Phi) is 5.71. The lowest BCUT2D eigenvalue weighted by molar-refractivity contribution is -0.144. The Balaban J connectivity index is 2.08. The maximum absolute atomic E-state index is 12.4. The van der Waals surface area contributed by atoms with Gasteiger partial charge in [-0.1, -0.05) is 0 Å². The first-order valence-corrected chi connectivity index (χ1v) is 9.76. The van der Waals surface area contributed by atoms with Crippen molar-refractivity contribution in [3.05, 3.63) is 11.1 Å². The minimum atomic E-state index is -3.16. The highest BCUT2D eigenvalue weighted by molar-refractivity contribution is 7.91. The van der Waals surface area contributed by atoms with E-state index in [9.17, 15) is 18.0 Å². The number of carbonyl (C=O) groups excluding carboxylic acids is 2. The fourth-order valence-corrected chi connectivity index (χ4v) is 4.77. The molecule has 0 bridgehead atoms. The van der Waals surface area contributed by atoms with Crippen LogP contribution in [0.5, 0.6) is 0 Å². The minimum absolute atomic E-state index is 0.0295. The van der Waals surface area contributed by atoms with Gasteiger partial charge < -0.3 is 9.64 Å². The van der Waals surface area contributed by atoms with Crippen molar-refractivity contribution in [2.45, 2.75) is 19.4 Å². The average molecular weight is 361 g/mol. The predicted octanol–water partition coefficient (Wildman–Crippen LogP) is 0.0521. The molecule has 0 aliphatic carbocycles. The Morgan fingerprint density at radius 3 is 2.78 bits per heavy atom. The second-order valence-corrected chi connectivity index (χ2v) is 8.38. The highest BCUT2D eigenvalue weighted by atomic mass is 32.2. The number of carbonyl (C=O) groups is 2. The number of amides is 2. The summed E-state index contributed by atoms with van der Waals surface area (Å²) in [4.78, 5) is 29.9. The van der Waals surface area contributed by atoms with Crippen molar-refractivity contribution in [1.29, 1.82) is 0 Å². The molecule has 1 atom stereocenters. The molecular weight excluding hydrogens is 342 g/mol. The summed E-state index contributed by atoms with van der Waals surface area (Å²) in [6, 6.07) is -0.494. The molecule has 10 heteroatoms. The van der Waals surface area contributed by atoms with Crippen molar-refractivity contribution in [1.82, 2.24) is 9.88 Å². The number of nitrogens with zero attached hydrogens (tertiary/aromatic N) is 2. The lowest BCUT2D eigenvalue weighted by atomic mass is 10.2. The van der Waals surface area contributed by atoms with Crippen LogP contribution in [0.15, 0.2) is 5.38 Å². The third kappa shape index (κ3) is 4.72. The lowest BCUT2D eigenvalue weighted by Crippen LogP contribution is -2.47. The fraction of sp³-hybridized carbons (Fsp3) is 0.615. The summed E-state index contributed by atoms with van der Waals surface area (Å²) < 4.78 is 28.2. The topological polar surface area (TPSA) is 106 Å². The van der Waals surface area contributed by atoms with E-state index in [2.05, 4.69) is 10.3 Å². The summed E-state index contributed by atoms with van der Waals surface area (Å²) in [5.41, 5.74) is 0.746. The lowest BCUT2D eigenvalue weighted by Gasteiger charge is -2.27. The molecule has 23 heavy (non-hydrogen) atoms. The van der Waals surface area contributed by atoms with Crippen molar-refractivity contribution in [2.24, 2.45) is 0 Å². The van der Waals surface area contributed by atoms with Gasteiger partial charge in [0.1, 0.15) is 0 Å². The molecule has 1 saturated heterocycles. The predicted molar refractivity (Wildman–Crippen MR) is 86.1 cm³/mol. The Hall–Kier alpha value is -1.52. The normalized spacial score (nSPS) is 19.5. The zero-order chi connectivity index (χ0) is 17.0. The van der Waals surface area contributed by atoms with Crippen LogP contribution in [0.25, 0.3) is 0 Å². The summed E-state index contributed by atoms with van der Waals surface area (Å²) in [5, 5.41) is 4.55. The van der Waals surface area contributed by atoms with Crippen molar-refractivity contribution in [3.63, 3.8) is 0 Å². The maximum atomic E-state index is 12.4. The van der Waals surface area contributed by atoms with Gasteiger partial charge in [-0.15, -0.1) is 11.3 Å². The Morgan fingerprint density at radius 1 is 1.52 bits per heavy atom. The minimum Gasteiger partial charge on any atom is -0.383 e. The van der Waals surface area contributed by atoms with Crippen LogP contribution in [0.2, 0.25) is 0 Å². The number of aryl methyl sites for hydroxylation is 1. The van der Waals surface area contributed by atoms with E-state index in [1.54, 1.807) is 12.3 Å². The third-order valence-corrected chi connectivity index (χ3v) is 6.11. The van der Waals surface area contributed by atoms with E-state index in [0.717, 1.165) is 5.69 Å². The van der Waals surface area contributed by atoms with Crippen LogP contribution in [0.1, 0.15) is 12.1 Å². The zero-order valence-electron chi connectivity index (χ0n) is 12.9. The van der Waals surface area contributed by atoms with Gasteiger partial charge in [0, 0.05) is 25.1 Å². The standard InChI is InChI=1S/C13H19N3O5S2/c1-9-7-22-13(14-9)15-11(17)12(18)16(4-5-21-2)10-3-6-23(19,20)8-10/h7,10H,3-6,8H2,1-2H3,(H,14,15,17). The molecule has 2 amide bonds. The second-order valence-electron chi connectivity index (χ2n) is 5.30. The van der Waals surface area contributed by atoms with Gasteiger partial charge >= 0.3 is 11.8 Å². The summed E-state index contributed by atoms with van der Waals surface area (Å²) in [6.45, 7) is 2.17. The van der Waals surface area contributed by atoms with E-state index in [4.69, 9.17) is 4.74 Å². The largest absolute Gasteiger partial charge is 0.383 e. The molecule has 1 aromatic heterocycles. The smallest absolute Gasteiger partial charge is 0.315 e. The maximum Gasteiger partial charge on any atom is 0.315 e. The van der Waals surface area contributed by atoms with Crippen molar-refractivity contribution >= 4 is 38.1 Å². The average Bonchev–Trinajstić information content (AvgIpc) is 3.04. The molecule has 128 valence electrons. The summed E-state index contributed by atoms with van der Waals surface area (Å²) in [5.74, 6) is -1.68. The fourth-order valence-electron chi connectivity index (χ4n) is 2.35. The molecule has 1 fully saturated rings. The molecule has 8 nitrogen and oxygen atoms in total. The molecule has 1 aliphatic rings. The van der Waals surface area contributed by atoms with E-state index in [0.29, 0.717) is 11.6 Å². The number of aromatic nitrogens is 1. The number of thiazole rings is 1. The quantitative estimate of drug-likeness (QED) is 0.743. The van der Waals surface area contributed by atoms with Gasteiger partial charge in [-0.25, -0.2) is 13.4 Å². The summed E-state index contributed by atoms with van der Waals surface area (Å²) in [7, 11) is -1.68. The summed E-state index contributed by atoms with van der Waals surface area (Å²) in [6.07, 6.45) is 0.335. The number of hydrogen-bond acceptors (Lipinski definition) is 7. The Bertz CT molecular complexity index is 686. The molecule has 1 N–H and O–H groups in total. The van der Waals surface area contributed by atoms with Gasteiger partial charge in [0.15, 0.2) is 15.0 Å². The number of nitrogens with one attached hydrogen (secondary N) is 1. The number of ether oxygens (including phenoxy) is 1. The third-order valence-electron chi connectivity index (χ3n) is 3.48. The number of methoxy groups -OCH3 is 1. The molecule has 2 rings (SSSR count). The van der Waals surface area contributed by atoms with Gasteiger partial charge in [-0.3, -0.25) is 14.9 Å². The van der Waals surface area contributed by atoms with E-state index in [-0.39, 0.29) is 24.7 Å². The first-order valence-electron chi connectivity index (χ1n) is 7.06. The van der Waals surface area contributed by atoms with Crippen molar-refractivity contribution < 1.29 is 22.7 Å². The molecule has 1 aliphatic heterocycles. The van der Waals surface area contributed by atoms with Crippen LogP contribution < -0.4 is 5.32 Å². The number of anilines is 1. The highest BCUT2D eigenvalue weighted by Crippen LogP contribution is 2.19. The Labute approximate surface area is 138 Å². The Morgan fingerprint density at radius 2 is 2.26 bits per heavy atom. The van der Waals surface area contributed by atoms with Gasteiger partial charge in [0.2, 0.25) is 0 Å². The van der Waals surface area contributed by atoms with Gasteiger partial charge in [-0.05, 0) is 13.3 Å². The van der Waals surface area contributed by atoms with Crippen LogP contribution in [0, 0.1) is 6.92 Å². The van der Waals surface area contributed by atoms with Crippen molar-refractivity contribution in [2.75, 3.05) is 37.1 Å². The molecule has 1 unspecified atom stereocenters. The molecule has 0 spiro atoms. The second kappa shape index (κ2) is 7.37. The van der Waals surface area contributed by atoms with Gasteiger partial charge in [-0.2, -0.15) is 0 Å². The van der Waals surface area contributed by atoms with Gasteiger partial charge in [0.05, 0.1) is 23.8 Å². The van der Waals surface area contributed by atoms with Gasteiger partial charge in [0.25, 0.3) is 0 Å². The summed E-state index contributed by atoms with van der Waals surface area (Å²) >= 11 is 1.22. The molecule has 0 saturated carbocycles. The molecule has 0 aromatic carbocycles. The van der Waals surface area contributed by atoms with Crippen LogP contribution in [-0.4, -0.2) is 67.9 Å². The SMILES string of the molecule is COCCN(C(=O)C(=O)Nc1nc(C)cs1)C1CCS(=O)(=O)C1. The highest BCUT2D eigenvalue weighted by Gasteiger charge is 2.36.